The number of benzene rings is 1. The van der Waals surface area contributed by atoms with Gasteiger partial charge in [0.1, 0.15) is 11.0 Å². The highest BCUT2D eigenvalue weighted by molar-refractivity contribution is 7.90. The van der Waals surface area contributed by atoms with E-state index >= 15 is 0 Å². The number of hydrogen-bond acceptors (Lipinski definition) is 5. The van der Waals surface area contributed by atoms with Crippen molar-refractivity contribution in [3.8, 4) is 0 Å². The van der Waals surface area contributed by atoms with Crippen LogP contribution in [0, 0.1) is 0 Å². The summed E-state index contributed by atoms with van der Waals surface area (Å²) in [5.74, 6) is -0.434. The van der Waals surface area contributed by atoms with Crippen LogP contribution in [0.15, 0.2) is 41.3 Å². The Morgan fingerprint density at radius 2 is 1.81 bits per heavy atom. The van der Waals surface area contributed by atoms with Gasteiger partial charge < -0.3 is 11.1 Å². The molecule has 0 aliphatic rings. The summed E-state index contributed by atoms with van der Waals surface area (Å²) in [5.41, 5.74) is 6.00. The quantitative estimate of drug-likeness (QED) is 0.837. The summed E-state index contributed by atoms with van der Waals surface area (Å²) in [5, 5.41) is 3.09. The minimum Gasteiger partial charge on any atom is -0.365 e. The molecule has 0 spiro atoms. The summed E-state index contributed by atoms with van der Waals surface area (Å²) in [7, 11) is -3.26. The highest BCUT2D eigenvalue weighted by Gasteiger charge is 2.11. The Bertz CT molecular complexity index is 789. The molecule has 1 heterocycles. The van der Waals surface area contributed by atoms with Gasteiger partial charge in [0, 0.05) is 11.9 Å². The molecule has 6 nitrogen and oxygen atoms in total. The molecule has 0 saturated carbocycles. The number of halogens is 1. The van der Waals surface area contributed by atoms with Crippen molar-refractivity contribution in [3.63, 3.8) is 0 Å². The minimum atomic E-state index is -3.26. The van der Waals surface area contributed by atoms with Crippen LogP contribution < -0.4 is 11.1 Å². The van der Waals surface area contributed by atoms with Crippen LogP contribution in [0.2, 0.25) is 5.15 Å². The van der Waals surface area contributed by atoms with Gasteiger partial charge in [0.25, 0.3) is 5.91 Å². The van der Waals surface area contributed by atoms with Crippen molar-refractivity contribution in [1.82, 2.24) is 4.98 Å². The first-order valence-electron chi connectivity index (χ1n) is 5.81. The zero-order valence-corrected chi connectivity index (χ0v) is 12.6. The number of rotatable bonds is 4. The second-order valence-electron chi connectivity index (χ2n) is 4.32. The zero-order valence-electron chi connectivity index (χ0n) is 11.0. The topological polar surface area (TPSA) is 102 Å². The molecule has 0 aliphatic carbocycles. The number of nitrogens with zero attached hydrogens (tertiary/aromatic N) is 1. The van der Waals surface area contributed by atoms with Crippen LogP contribution in [-0.2, 0) is 9.84 Å². The number of anilines is 2. The predicted molar refractivity (Wildman–Crippen MR) is 80.6 cm³/mol. The highest BCUT2D eigenvalue weighted by atomic mass is 35.5. The lowest BCUT2D eigenvalue weighted by molar-refractivity contribution is 0.100. The van der Waals surface area contributed by atoms with Gasteiger partial charge >= 0.3 is 0 Å². The van der Waals surface area contributed by atoms with Crippen LogP contribution >= 0.6 is 11.6 Å². The normalized spacial score (nSPS) is 11.1. The van der Waals surface area contributed by atoms with E-state index in [4.69, 9.17) is 17.3 Å². The van der Waals surface area contributed by atoms with E-state index in [-0.39, 0.29) is 21.4 Å². The Labute approximate surface area is 126 Å². The van der Waals surface area contributed by atoms with E-state index in [0.29, 0.717) is 5.69 Å². The summed E-state index contributed by atoms with van der Waals surface area (Å²) in [4.78, 5) is 15.5. The number of nitrogens with two attached hydrogens (primary N) is 1. The lowest BCUT2D eigenvalue weighted by Crippen LogP contribution is -2.14. The third kappa shape index (κ3) is 3.71. The molecule has 3 N–H and O–H groups in total. The Hall–Kier alpha value is -2.12. The molecule has 0 bridgehead atoms. The van der Waals surface area contributed by atoms with Gasteiger partial charge in [-0.1, -0.05) is 11.6 Å². The Balaban J connectivity index is 2.34. The first-order chi connectivity index (χ1) is 9.77. The minimum absolute atomic E-state index is 0.187. The molecule has 0 atom stereocenters. The van der Waals surface area contributed by atoms with E-state index in [1.807, 2.05) is 0 Å². The fourth-order valence-corrected chi connectivity index (χ4v) is 2.43. The third-order valence-corrected chi connectivity index (χ3v) is 4.01. The fraction of sp³-hybridized carbons (Fsp3) is 0.0769. The summed E-state index contributed by atoms with van der Waals surface area (Å²) in [6.07, 6.45) is 1.12. The standard InChI is InChI=1S/C13H12ClN3O3S/c1-21(19,20)9-4-2-8(3-5-9)16-13-10(12(15)18)6-7-11(14)17-13/h2-7H,1H3,(H2,15,18)(H,16,17). The number of hydrogen-bond donors (Lipinski definition) is 2. The first kappa shape index (κ1) is 15.3. The van der Waals surface area contributed by atoms with Crippen LogP contribution in [0.1, 0.15) is 10.4 Å². The molecule has 2 rings (SSSR count). The van der Waals surface area contributed by atoms with Crippen LogP contribution in [0.25, 0.3) is 0 Å². The lowest BCUT2D eigenvalue weighted by Gasteiger charge is -2.09. The number of carbonyl (C=O) groups is 1. The van der Waals surface area contributed by atoms with Gasteiger partial charge in [0.2, 0.25) is 0 Å². The molecule has 0 unspecified atom stereocenters. The van der Waals surface area contributed by atoms with Gasteiger partial charge in [-0.3, -0.25) is 4.79 Å². The molecular formula is C13H12ClN3O3S. The van der Waals surface area contributed by atoms with E-state index in [9.17, 15) is 13.2 Å². The number of primary amides is 1. The molecule has 0 fully saturated rings. The van der Waals surface area contributed by atoms with Crippen molar-refractivity contribution in [1.29, 1.82) is 0 Å². The van der Waals surface area contributed by atoms with Crippen molar-refractivity contribution in [2.45, 2.75) is 4.90 Å². The molecular weight excluding hydrogens is 314 g/mol. The molecule has 0 saturated heterocycles. The van der Waals surface area contributed by atoms with Crippen molar-refractivity contribution in [2.24, 2.45) is 5.73 Å². The first-order valence-corrected chi connectivity index (χ1v) is 8.08. The third-order valence-electron chi connectivity index (χ3n) is 2.67. The van der Waals surface area contributed by atoms with Gasteiger partial charge in [-0.05, 0) is 36.4 Å². The van der Waals surface area contributed by atoms with E-state index in [0.717, 1.165) is 6.26 Å². The molecule has 8 heteroatoms. The summed E-state index contributed by atoms with van der Waals surface area (Å²) >= 11 is 5.79. The predicted octanol–water partition coefficient (Wildman–Crippen LogP) is 1.98. The van der Waals surface area contributed by atoms with Crippen molar-refractivity contribution >= 4 is 38.9 Å². The number of nitrogens with one attached hydrogen (secondary N) is 1. The number of aromatic nitrogens is 1. The van der Waals surface area contributed by atoms with E-state index in [2.05, 4.69) is 10.3 Å². The molecule has 0 aliphatic heterocycles. The Kier molecular flexibility index (Phi) is 4.15. The average molecular weight is 326 g/mol. The molecule has 21 heavy (non-hydrogen) atoms. The maximum absolute atomic E-state index is 11.4. The maximum Gasteiger partial charge on any atom is 0.252 e. The van der Waals surface area contributed by atoms with Crippen LogP contribution in [0.3, 0.4) is 0 Å². The number of pyridine rings is 1. The Morgan fingerprint density at radius 1 is 1.19 bits per heavy atom. The smallest absolute Gasteiger partial charge is 0.252 e. The Morgan fingerprint density at radius 3 is 2.33 bits per heavy atom. The monoisotopic (exact) mass is 325 g/mol. The molecule has 1 aromatic carbocycles. The fourth-order valence-electron chi connectivity index (χ4n) is 1.65. The number of carbonyl (C=O) groups excluding carboxylic acids is 1. The maximum atomic E-state index is 11.4. The van der Waals surface area contributed by atoms with Crippen LogP contribution in [0.5, 0.6) is 0 Å². The van der Waals surface area contributed by atoms with Gasteiger partial charge in [-0.25, -0.2) is 13.4 Å². The second-order valence-corrected chi connectivity index (χ2v) is 6.72. The average Bonchev–Trinajstić information content (AvgIpc) is 2.38. The molecule has 110 valence electrons. The van der Waals surface area contributed by atoms with Crippen LogP contribution in [-0.4, -0.2) is 25.6 Å². The number of sulfone groups is 1. The van der Waals surface area contributed by atoms with Crippen LogP contribution in [0.4, 0.5) is 11.5 Å². The van der Waals surface area contributed by atoms with E-state index in [1.165, 1.54) is 24.3 Å². The summed E-state index contributed by atoms with van der Waals surface area (Å²) in [6.45, 7) is 0. The molecule has 0 radical (unpaired) electrons. The SMILES string of the molecule is CS(=O)(=O)c1ccc(Nc2nc(Cl)ccc2C(N)=O)cc1. The van der Waals surface area contributed by atoms with Crippen molar-refractivity contribution in [2.75, 3.05) is 11.6 Å². The van der Waals surface area contributed by atoms with Crippen molar-refractivity contribution < 1.29 is 13.2 Å². The van der Waals surface area contributed by atoms with Gasteiger partial charge in [0.15, 0.2) is 9.84 Å². The molecule has 1 amide bonds. The van der Waals surface area contributed by atoms with Gasteiger partial charge in [0.05, 0.1) is 10.5 Å². The highest BCUT2D eigenvalue weighted by Crippen LogP contribution is 2.22. The molecule has 1 aromatic heterocycles. The summed E-state index contributed by atoms with van der Waals surface area (Å²) in [6, 6.07) is 8.94. The lowest BCUT2D eigenvalue weighted by atomic mass is 10.2. The van der Waals surface area contributed by atoms with E-state index in [1.54, 1.807) is 12.1 Å². The van der Waals surface area contributed by atoms with Gasteiger partial charge in [-0.2, -0.15) is 0 Å². The molecule has 2 aromatic rings. The summed E-state index contributed by atoms with van der Waals surface area (Å²) < 4.78 is 22.8. The zero-order chi connectivity index (χ0) is 15.6. The second kappa shape index (κ2) is 5.71. The number of amides is 1. The largest absolute Gasteiger partial charge is 0.365 e. The van der Waals surface area contributed by atoms with Crippen molar-refractivity contribution in [3.05, 3.63) is 47.1 Å². The van der Waals surface area contributed by atoms with Gasteiger partial charge in [-0.15, -0.1) is 0 Å². The van der Waals surface area contributed by atoms with E-state index < -0.39 is 15.7 Å².